The minimum atomic E-state index is -0.0710. The molecule has 3 aromatic rings. The molecule has 5 nitrogen and oxygen atoms in total. The van der Waals surface area contributed by atoms with Gasteiger partial charge in [0.05, 0.1) is 0 Å². The largest absolute Gasteiger partial charge is 0.357 e. The SMILES string of the molecule is O=C(c1cc(N2CCCCC2)ncn1)N(Cc1ccccc1)Cc1ccccc1. The number of piperidine rings is 1. The first-order chi connectivity index (χ1) is 14.3. The summed E-state index contributed by atoms with van der Waals surface area (Å²) < 4.78 is 0. The summed E-state index contributed by atoms with van der Waals surface area (Å²) in [7, 11) is 0. The molecule has 0 unspecified atom stereocenters. The maximum atomic E-state index is 13.4. The number of anilines is 1. The van der Waals surface area contributed by atoms with Crippen LogP contribution in [0.25, 0.3) is 0 Å². The zero-order valence-electron chi connectivity index (χ0n) is 16.6. The minimum absolute atomic E-state index is 0.0710. The van der Waals surface area contributed by atoms with Crippen molar-refractivity contribution in [3.63, 3.8) is 0 Å². The first kappa shape index (κ1) is 19.1. The molecule has 1 aromatic heterocycles. The summed E-state index contributed by atoms with van der Waals surface area (Å²) in [5, 5.41) is 0. The van der Waals surface area contributed by atoms with E-state index in [-0.39, 0.29) is 5.91 Å². The predicted molar refractivity (Wildman–Crippen MR) is 115 cm³/mol. The molecule has 0 aliphatic carbocycles. The smallest absolute Gasteiger partial charge is 0.273 e. The molecule has 0 N–H and O–H groups in total. The number of carbonyl (C=O) groups is 1. The number of hydrogen-bond acceptors (Lipinski definition) is 4. The molecule has 2 heterocycles. The summed E-state index contributed by atoms with van der Waals surface area (Å²) in [6.07, 6.45) is 5.11. The highest BCUT2D eigenvalue weighted by Crippen LogP contribution is 2.19. The normalized spacial score (nSPS) is 13.9. The Morgan fingerprint density at radius 3 is 2.00 bits per heavy atom. The second kappa shape index (κ2) is 9.32. The highest BCUT2D eigenvalue weighted by atomic mass is 16.2. The van der Waals surface area contributed by atoms with E-state index in [1.54, 1.807) is 0 Å². The second-order valence-corrected chi connectivity index (χ2v) is 7.44. The lowest BCUT2D eigenvalue weighted by Gasteiger charge is -2.28. The number of benzene rings is 2. The molecule has 0 spiro atoms. The zero-order valence-corrected chi connectivity index (χ0v) is 16.6. The van der Waals surface area contributed by atoms with Crippen molar-refractivity contribution in [3.05, 3.63) is 89.9 Å². The minimum Gasteiger partial charge on any atom is -0.357 e. The Balaban J connectivity index is 1.58. The van der Waals surface area contributed by atoms with Crippen LogP contribution in [-0.4, -0.2) is 33.9 Å². The van der Waals surface area contributed by atoms with Crippen LogP contribution in [0.3, 0.4) is 0 Å². The van der Waals surface area contributed by atoms with Crippen LogP contribution < -0.4 is 4.90 Å². The molecule has 0 saturated carbocycles. The van der Waals surface area contributed by atoms with Gasteiger partial charge in [0.1, 0.15) is 17.8 Å². The highest BCUT2D eigenvalue weighted by Gasteiger charge is 2.20. The predicted octanol–water partition coefficient (Wildman–Crippen LogP) is 4.31. The lowest BCUT2D eigenvalue weighted by Crippen LogP contribution is -2.32. The van der Waals surface area contributed by atoms with E-state index in [1.165, 1.54) is 25.6 Å². The van der Waals surface area contributed by atoms with Crippen molar-refractivity contribution in [1.82, 2.24) is 14.9 Å². The number of carbonyl (C=O) groups excluding carboxylic acids is 1. The maximum absolute atomic E-state index is 13.4. The van der Waals surface area contributed by atoms with Crippen molar-refractivity contribution in [2.24, 2.45) is 0 Å². The van der Waals surface area contributed by atoms with Crippen molar-refractivity contribution < 1.29 is 4.79 Å². The topological polar surface area (TPSA) is 49.3 Å². The van der Waals surface area contributed by atoms with Crippen LogP contribution in [0, 0.1) is 0 Å². The van der Waals surface area contributed by atoms with Gasteiger partial charge in [0.2, 0.25) is 0 Å². The van der Waals surface area contributed by atoms with Crippen LogP contribution in [0.1, 0.15) is 40.9 Å². The molecule has 0 bridgehead atoms. The number of amides is 1. The molecule has 0 radical (unpaired) electrons. The zero-order chi connectivity index (χ0) is 19.9. The lowest BCUT2D eigenvalue weighted by molar-refractivity contribution is 0.0724. The molecule has 5 heteroatoms. The average Bonchev–Trinajstić information content (AvgIpc) is 2.80. The van der Waals surface area contributed by atoms with Gasteiger partial charge in [-0.2, -0.15) is 0 Å². The Kier molecular flexibility index (Phi) is 6.15. The van der Waals surface area contributed by atoms with E-state index in [2.05, 4.69) is 14.9 Å². The van der Waals surface area contributed by atoms with Gasteiger partial charge in [-0.1, -0.05) is 60.7 Å². The van der Waals surface area contributed by atoms with Crippen LogP contribution in [0.15, 0.2) is 73.1 Å². The van der Waals surface area contributed by atoms with Gasteiger partial charge in [-0.3, -0.25) is 4.79 Å². The van der Waals surface area contributed by atoms with Gasteiger partial charge < -0.3 is 9.80 Å². The quantitative estimate of drug-likeness (QED) is 0.633. The summed E-state index contributed by atoms with van der Waals surface area (Å²) in [4.78, 5) is 26.2. The first-order valence-electron chi connectivity index (χ1n) is 10.2. The van der Waals surface area contributed by atoms with Gasteiger partial charge in [-0.15, -0.1) is 0 Å². The molecule has 0 atom stereocenters. The molecule has 1 aliphatic rings. The molecule has 2 aromatic carbocycles. The van der Waals surface area contributed by atoms with Crippen molar-refractivity contribution in [1.29, 1.82) is 0 Å². The average molecular weight is 386 g/mol. The van der Waals surface area contributed by atoms with Gasteiger partial charge in [-0.25, -0.2) is 9.97 Å². The molecular formula is C24H26N4O. The van der Waals surface area contributed by atoms with Crippen LogP contribution in [0.4, 0.5) is 5.82 Å². The van der Waals surface area contributed by atoms with Gasteiger partial charge in [-0.05, 0) is 30.4 Å². The van der Waals surface area contributed by atoms with E-state index in [0.29, 0.717) is 18.8 Å². The Bertz CT molecular complexity index is 882. The lowest BCUT2D eigenvalue weighted by atomic mass is 10.1. The van der Waals surface area contributed by atoms with E-state index in [9.17, 15) is 4.79 Å². The third-order valence-corrected chi connectivity index (χ3v) is 5.27. The molecule has 1 aliphatic heterocycles. The maximum Gasteiger partial charge on any atom is 0.273 e. The van der Waals surface area contributed by atoms with E-state index in [0.717, 1.165) is 30.0 Å². The number of aromatic nitrogens is 2. The summed E-state index contributed by atoms with van der Waals surface area (Å²) in [5.74, 6) is 0.779. The number of nitrogens with zero attached hydrogens (tertiary/aromatic N) is 4. The summed E-state index contributed by atoms with van der Waals surface area (Å²) in [6.45, 7) is 3.06. The molecule has 1 fully saturated rings. The van der Waals surface area contributed by atoms with E-state index >= 15 is 0 Å². The van der Waals surface area contributed by atoms with E-state index in [4.69, 9.17) is 0 Å². The highest BCUT2D eigenvalue weighted by molar-refractivity contribution is 5.92. The monoisotopic (exact) mass is 386 g/mol. The number of rotatable bonds is 6. The summed E-state index contributed by atoms with van der Waals surface area (Å²) >= 11 is 0. The van der Waals surface area contributed by atoms with Crippen LogP contribution in [0.2, 0.25) is 0 Å². The summed E-state index contributed by atoms with van der Waals surface area (Å²) in [5.41, 5.74) is 2.65. The Hall–Kier alpha value is -3.21. The molecular weight excluding hydrogens is 360 g/mol. The van der Waals surface area contributed by atoms with Crippen LogP contribution >= 0.6 is 0 Å². The van der Waals surface area contributed by atoms with Crippen molar-refractivity contribution in [3.8, 4) is 0 Å². The van der Waals surface area contributed by atoms with Crippen molar-refractivity contribution in [2.75, 3.05) is 18.0 Å². The Labute approximate surface area is 172 Å². The van der Waals surface area contributed by atoms with Crippen molar-refractivity contribution >= 4 is 11.7 Å². The van der Waals surface area contributed by atoms with Crippen molar-refractivity contribution in [2.45, 2.75) is 32.4 Å². The molecule has 1 saturated heterocycles. The summed E-state index contributed by atoms with van der Waals surface area (Å²) in [6, 6.07) is 22.0. The van der Waals surface area contributed by atoms with E-state index in [1.807, 2.05) is 71.6 Å². The van der Waals surface area contributed by atoms with Gasteiger partial charge in [0.15, 0.2) is 0 Å². The van der Waals surface area contributed by atoms with Crippen LogP contribution in [0.5, 0.6) is 0 Å². The molecule has 148 valence electrons. The first-order valence-corrected chi connectivity index (χ1v) is 10.2. The fourth-order valence-corrected chi connectivity index (χ4v) is 3.73. The third kappa shape index (κ3) is 4.99. The van der Waals surface area contributed by atoms with E-state index < -0.39 is 0 Å². The fourth-order valence-electron chi connectivity index (χ4n) is 3.73. The Morgan fingerprint density at radius 2 is 1.41 bits per heavy atom. The number of hydrogen-bond donors (Lipinski definition) is 0. The molecule has 29 heavy (non-hydrogen) atoms. The molecule has 4 rings (SSSR count). The molecule has 1 amide bonds. The van der Waals surface area contributed by atoms with Gasteiger partial charge in [0, 0.05) is 32.2 Å². The Morgan fingerprint density at radius 1 is 0.828 bits per heavy atom. The second-order valence-electron chi connectivity index (χ2n) is 7.44. The van der Waals surface area contributed by atoms with Crippen LogP contribution in [-0.2, 0) is 13.1 Å². The standard InChI is InChI=1S/C24H26N4O/c29-24(22-16-23(26-19-25-22)27-14-8-3-9-15-27)28(17-20-10-4-1-5-11-20)18-21-12-6-2-7-13-21/h1-2,4-7,10-13,16,19H,3,8-9,14-15,17-18H2. The van der Waals surface area contributed by atoms with Gasteiger partial charge >= 0.3 is 0 Å². The third-order valence-electron chi connectivity index (χ3n) is 5.27. The van der Waals surface area contributed by atoms with Gasteiger partial charge in [0.25, 0.3) is 5.91 Å². The fraction of sp³-hybridized carbons (Fsp3) is 0.292.